The van der Waals surface area contributed by atoms with E-state index in [2.05, 4.69) is 13.8 Å². The highest BCUT2D eigenvalue weighted by molar-refractivity contribution is 5.52. The minimum absolute atomic E-state index is 0.0221. The molecular formula is C43H52O6. The van der Waals surface area contributed by atoms with Gasteiger partial charge in [0.2, 0.25) is 0 Å². The second kappa shape index (κ2) is 11.7. The summed E-state index contributed by atoms with van der Waals surface area (Å²) in [6.07, 6.45) is 10.6. The molecule has 260 valence electrons. The van der Waals surface area contributed by atoms with Crippen molar-refractivity contribution in [1.82, 2.24) is 0 Å². The highest BCUT2D eigenvalue weighted by Gasteiger charge is 2.56. The fourth-order valence-electron chi connectivity index (χ4n) is 12.5. The Morgan fingerprint density at radius 2 is 1.08 bits per heavy atom. The van der Waals surface area contributed by atoms with Crippen molar-refractivity contribution in [3.05, 3.63) is 82.4 Å². The molecule has 6 heteroatoms. The summed E-state index contributed by atoms with van der Waals surface area (Å²) in [5, 5.41) is 44.0. The number of rotatable bonds is 5. The van der Waals surface area contributed by atoms with Gasteiger partial charge in [0.15, 0.2) is 0 Å². The fraction of sp³-hybridized carbons (Fsp3) is 0.581. The van der Waals surface area contributed by atoms with Gasteiger partial charge in [-0.15, -0.1) is 0 Å². The van der Waals surface area contributed by atoms with Crippen LogP contribution in [-0.2, 0) is 12.8 Å². The zero-order chi connectivity index (χ0) is 33.7. The first-order valence-corrected chi connectivity index (χ1v) is 19.1. The first-order chi connectivity index (χ1) is 23.6. The van der Waals surface area contributed by atoms with Gasteiger partial charge in [0.05, 0.1) is 12.2 Å². The number of hydrogen-bond acceptors (Lipinski definition) is 6. The van der Waals surface area contributed by atoms with Crippen LogP contribution in [0.1, 0.15) is 124 Å². The number of benzene rings is 3. The molecule has 6 aliphatic carbocycles. The molecule has 0 aliphatic heterocycles. The molecule has 0 saturated heterocycles. The largest absolute Gasteiger partial charge is 0.508 e. The molecule has 9 rings (SSSR count). The number of phenols is 2. The van der Waals surface area contributed by atoms with E-state index in [0.29, 0.717) is 47.0 Å². The molecule has 3 aromatic rings. The number of phenolic OH excluding ortho intramolecular Hbond substituents is 2. The molecule has 6 aliphatic rings. The fourth-order valence-corrected chi connectivity index (χ4v) is 12.5. The van der Waals surface area contributed by atoms with Crippen LogP contribution in [0.15, 0.2) is 54.6 Å². The smallest absolute Gasteiger partial charge is 0.267 e. The Labute approximate surface area is 290 Å². The van der Waals surface area contributed by atoms with Crippen molar-refractivity contribution >= 4 is 0 Å². The van der Waals surface area contributed by atoms with E-state index in [1.165, 1.54) is 11.1 Å². The summed E-state index contributed by atoms with van der Waals surface area (Å²) in [6.45, 7) is 4.60. The van der Waals surface area contributed by atoms with Crippen LogP contribution >= 0.6 is 0 Å². The molecule has 0 heterocycles. The number of hydrogen-bond donors (Lipinski definition) is 4. The van der Waals surface area contributed by atoms with Crippen molar-refractivity contribution in [2.75, 3.05) is 0 Å². The summed E-state index contributed by atoms with van der Waals surface area (Å²) in [6, 6.07) is 17.4. The van der Waals surface area contributed by atoms with E-state index < -0.39 is 6.29 Å². The Morgan fingerprint density at radius 3 is 1.55 bits per heavy atom. The zero-order valence-corrected chi connectivity index (χ0v) is 29.0. The predicted octanol–water partition coefficient (Wildman–Crippen LogP) is 8.69. The zero-order valence-electron chi connectivity index (χ0n) is 29.0. The molecule has 10 atom stereocenters. The monoisotopic (exact) mass is 664 g/mol. The lowest BCUT2D eigenvalue weighted by atomic mass is 9.55. The summed E-state index contributed by atoms with van der Waals surface area (Å²) in [4.78, 5) is 0. The number of ether oxygens (including phenoxy) is 2. The van der Waals surface area contributed by atoms with Crippen LogP contribution in [0.5, 0.6) is 23.0 Å². The van der Waals surface area contributed by atoms with Crippen LogP contribution in [0.4, 0.5) is 0 Å². The van der Waals surface area contributed by atoms with Crippen molar-refractivity contribution in [3.8, 4) is 23.0 Å². The van der Waals surface area contributed by atoms with Crippen LogP contribution in [-0.4, -0.2) is 32.6 Å². The van der Waals surface area contributed by atoms with E-state index in [1.807, 2.05) is 42.5 Å². The van der Waals surface area contributed by atoms with Gasteiger partial charge < -0.3 is 29.9 Å². The summed E-state index contributed by atoms with van der Waals surface area (Å²) >= 11 is 0. The van der Waals surface area contributed by atoms with Crippen LogP contribution in [0, 0.1) is 34.5 Å². The average Bonchev–Trinajstić information content (AvgIpc) is 3.57. The number of aromatic hydroxyl groups is 2. The third-order valence-electron chi connectivity index (χ3n) is 15.0. The lowest BCUT2D eigenvalue weighted by Crippen LogP contribution is -2.44. The van der Waals surface area contributed by atoms with Gasteiger partial charge in [0, 0.05) is 28.8 Å². The standard InChI is InChI=1S/C43H52O6/c1-42-18-16-31-29(33(42)12-14-37(42)46)10-8-25-20-27(44)22-35(39(25)31)48-41(24-6-4-3-5-7-24)49-36-23-28(45)21-26-9-11-30-32(40(26)36)17-19-43(2)34(30)13-15-38(43)47/h3-7,20-23,29-34,37-38,41,44-47H,8-19H2,1-2H3/t29-,30-,31+,32+,33+,34+,37-,38-,42+,43+/m1/s1. The second-order valence-corrected chi connectivity index (χ2v) is 17.1. The number of aliphatic hydroxyl groups is 2. The maximum atomic E-state index is 11.0. The Bertz CT molecular complexity index is 1630. The van der Waals surface area contributed by atoms with Crippen molar-refractivity contribution in [2.24, 2.45) is 34.5 Å². The Kier molecular flexibility index (Phi) is 7.56. The van der Waals surface area contributed by atoms with Crippen molar-refractivity contribution in [3.63, 3.8) is 0 Å². The van der Waals surface area contributed by atoms with Crippen molar-refractivity contribution in [1.29, 1.82) is 0 Å². The molecule has 3 aromatic carbocycles. The molecule has 4 saturated carbocycles. The highest BCUT2D eigenvalue weighted by atomic mass is 16.7. The Morgan fingerprint density at radius 1 is 0.612 bits per heavy atom. The normalized spacial score (nSPS) is 37.9. The van der Waals surface area contributed by atoms with E-state index >= 15 is 0 Å². The van der Waals surface area contributed by atoms with E-state index in [4.69, 9.17) is 9.47 Å². The molecule has 0 radical (unpaired) electrons. The molecule has 49 heavy (non-hydrogen) atoms. The molecule has 0 amide bonds. The van der Waals surface area contributed by atoms with Crippen LogP contribution in [0.2, 0.25) is 0 Å². The van der Waals surface area contributed by atoms with Gasteiger partial charge in [0.1, 0.15) is 23.0 Å². The highest BCUT2D eigenvalue weighted by Crippen LogP contribution is 2.64. The molecular weight excluding hydrogens is 612 g/mol. The maximum Gasteiger partial charge on any atom is 0.267 e. The summed E-state index contributed by atoms with van der Waals surface area (Å²) in [5.41, 5.74) is 5.55. The van der Waals surface area contributed by atoms with Crippen molar-refractivity contribution < 1.29 is 29.9 Å². The Balaban J connectivity index is 1.09. The van der Waals surface area contributed by atoms with Gasteiger partial charge in [-0.05, 0) is 147 Å². The van der Waals surface area contributed by atoms with Gasteiger partial charge in [0.25, 0.3) is 6.29 Å². The third-order valence-corrected chi connectivity index (χ3v) is 15.0. The maximum absolute atomic E-state index is 11.0. The summed E-state index contributed by atoms with van der Waals surface area (Å²) in [5.74, 6) is 4.33. The Hall–Kier alpha value is -3.22. The van der Waals surface area contributed by atoms with Crippen LogP contribution in [0.3, 0.4) is 0 Å². The predicted molar refractivity (Wildman–Crippen MR) is 188 cm³/mol. The first-order valence-electron chi connectivity index (χ1n) is 19.1. The lowest BCUT2D eigenvalue weighted by Gasteiger charge is -2.50. The summed E-state index contributed by atoms with van der Waals surface area (Å²) in [7, 11) is 0. The molecule has 0 spiro atoms. The van der Waals surface area contributed by atoms with Crippen LogP contribution in [0.25, 0.3) is 0 Å². The lowest BCUT2D eigenvalue weighted by molar-refractivity contribution is -0.0280. The molecule has 0 aromatic heterocycles. The first kappa shape index (κ1) is 31.7. The average molecular weight is 665 g/mol. The summed E-state index contributed by atoms with van der Waals surface area (Å²) < 4.78 is 14.0. The SMILES string of the molecule is C[C@]12CC[C@@H]3c4c(cc(O)cc4OC(Oc4cc(O)cc5c4[C@H]4CC[C@]6(C)[C@H](O)CC[C@H]6[C@@H]4CC5)c4ccccc4)CC[C@H]3[C@@H]1CC[C@H]2O. The van der Waals surface area contributed by atoms with E-state index in [0.717, 1.165) is 93.7 Å². The quantitative estimate of drug-likeness (QED) is 0.204. The van der Waals surface area contributed by atoms with Gasteiger partial charge >= 0.3 is 0 Å². The number of fused-ring (bicyclic) bond motifs is 10. The third kappa shape index (κ3) is 4.94. The number of aliphatic hydroxyl groups excluding tert-OH is 2. The van der Waals surface area contributed by atoms with E-state index in [-0.39, 0.29) is 34.5 Å². The minimum Gasteiger partial charge on any atom is -0.508 e. The molecule has 4 N–H and O–H groups in total. The molecule has 6 nitrogen and oxygen atoms in total. The van der Waals surface area contributed by atoms with Gasteiger partial charge in [-0.3, -0.25) is 0 Å². The molecule has 4 fully saturated rings. The van der Waals surface area contributed by atoms with Crippen LogP contribution < -0.4 is 9.47 Å². The molecule has 0 bridgehead atoms. The molecule has 0 unspecified atom stereocenters. The van der Waals surface area contributed by atoms with Gasteiger partial charge in [-0.1, -0.05) is 44.2 Å². The van der Waals surface area contributed by atoms with E-state index in [1.54, 1.807) is 12.1 Å². The van der Waals surface area contributed by atoms with Gasteiger partial charge in [-0.25, -0.2) is 0 Å². The second-order valence-electron chi connectivity index (χ2n) is 17.1. The minimum atomic E-state index is -0.789. The topological polar surface area (TPSA) is 99.4 Å². The van der Waals surface area contributed by atoms with Gasteiger partial charge in [-0.2, -0.15) is 0 Å². The number of aryl methyl sites for hydroxylation is 2. The van der Waals surface area contributed by atoms with E-state index in [9.17, 15) is 20.4 Å². The van der Waals surface area contributed by atoms with Crippen molar-refractivity contribution in [2.45, 2.75) is 121 Å².